The number of hydrogen-bond acceptors (Lipinski definition) is 4. The lowest BCUT2D eigenvalue weighted by molar-refractivity contribution is -1.07. The van der Waals surface area contributed by atoms with Crippen LogP contribution < -0.4 is 16.3 Å². The molecule has 0 bridgehead atoms. The highest BCUT2D eigenvalue weighted by atomic mass is 16.5. The molecule has 1 aliphatic rings. The number of nitrogens with zero attached hydrogens (tertiary/aromatic N) is 1. The van der Waals surface area contributed by atoms with E-state index in [2.05, 4.69) is 5.43 Å². The zero-order valence-corrected chi connectivity index (χ0v) is 6.73. The minimum absolute atomic E-state index is 0.0174. The van der Waals surface area contributed by atoms with E-state index in [1.165, 1.54) is 0 Å². The number of fused-ring (bicyclic) bond motifs is 1. The van der Waals surface area contributed by atoms with Gasteiger partial charge in [0, 0.05) is 6.07 Å². The summed E-state index contributed by atoms with van der Waals surface area (Å²) in [6, 6.07) is 6.83. The minimum atomic E-state index is -0.0570. The van der Waals surface area contributed by atoms with Crippen molar-refractivity contribution in [3.63, 3.8) is 0 Å². The largest absolute Gasteiger partial charge is 0.437 e. The summed E-state index contributed by atoms with van der Waals surface area (Å²) < 4.78 is 0.787. The maximum absolute atomic E-state index is 9.43. The van der Waals surface area contributed by atoms with Crippen molar-refractivity contribution in [1.29, 1.82) is 0 Å². The van der Waals surface area contributed by atoms with Gasteiger partial charge >= 0.3 is 5.96 Å². The van der Waals surface area contributed by atoms with Crippen LogP contribution in [0.25, 0.3) is 0 Å². The number of nitrogens with two attached hydrogens (primary N) is 1. The summed E-state index contributed by atoms with van der Waals surface area (Å²) in [5.74, 6) is -0.0174. The predicted molar refractivity (Wildman–Crippen MR) is 42.9 cm³/mol. The van der Waals surface area contributed by atoms with Gasteiger partial charge in [-0.25, -0.2) is 0 Å². The Bertz CT molecular complexity index is 377. The molecule has 1 aromatic rings. The number of para-hydroxylation sites is 2. The molecule has 1 aromatic carbocycles. The molecular weight excluding hydrogens is 172 g/mol. The van der Waals surface area contributed by atoms with Crippen LogP contribution in [0.5, 0.6) is 0 Å². The Hall–Kier alpha value is -1.79. The normalized spacial score (nSPS) is 20.8. The standard InChI is InChI=1S/C7H8N4O2/c8-7-9-11(13)6-4-2-1-3-5(6)10(7)12/h1-4,12-13H,(H2,8,9)/p+2. The first-order valence-electron chi connectivity index (χ1n) is 3.74. The molecule has 0 aliphatic carbocycles. The van der Waals surface area contributed by atoms with Gasteiger partial charge in [-0.05, 0) is 16.0 Å². The fraction of sp³-hybridized carbons (Fsp3) is 0. The number of nitrogens with one attached hydrogen (secondary N) is 2. The molecule has 1 aliphatic heterocycles. The molecule has 6 heteroatoms. The van der Waals surface area contributed by atoms with Gasteiger partial charge in [0.15, 0.2) is 0 Å². The number of hydrogen-bond donors (Lipinski definition) is 5. The minimum Gasteiger partial charge on any atom is -0.371 e. The molecule has 0 aromatic heterocycles. The molecule has 6 N–H and O–H groups in total. The van der Waals surface area contributed by atoms with Crippen LogP contribution in [0.1, 0.15) is 0 Å². The number of quaternary nitrogens is 1. The van der Waals surface area contributed by atoms with Gasteiger partial charge < -0.3 is 5.21 Å². The average Bonchev–Trinajstić information content (AvgIpc) is 2.15. The molecular formula is C7H10N4O2+2. The molecule has 0 radical (unpaired) electrons. The lowest BCUT2D eigenvalue weighted by Crippen LogP contribution is -3.14. The second kappa shape index (κ2) is 2.61. The quantitative estimate of drug-likeness (QED) is 0.248. The fourth-order valence-corrected chi connectivity index (χ4v) is 1.23. The maximum Gasteiger partial charge on any atom is 0.437 e. The van der Waals surface area contributed by atoms with E-state index in [1.54, 1.807) is 24.3 Å². The van der Waals surface area contributed by atoms with Gasteiger partial charge in [-0.2, -0.15) is 5.21 Å². The lowest BCUT2D eigenvalue weighted by Gasteiger charge is -2.15. The van der Waals surface area contributed by atoms with Crippen molar-refractivity contribution in [2.75, 3.05) is 0 Å². The maximum atomic E-state index is 9.43. The van der Waals surface area contributed by atoms with E-state index in [-0.39, 0.29) is 11.1 Å². The van der Waals surface area contributed by atoms with Crippen molar-refractivity contribution < 1.29 is 20.3 Å². The molecule has 0 spiro atoms. The van der Waals surface area contributed by atoms with E-state index in [9.17, 15) is 10.4 Å². The number of benzene rings is 1. The SMILES string of the molecule is NC1=[N+](O)c2ccccc2[NH+](O)N1. The highest BCUT2D eigenvalue weighted by Gasteiger charge is 2.30. The van der Waals surface area contributed by atoms with E-state index in [1.807, 2.05) is 0 Å². The molecule has 68 valence electrons. The first-order valence-corrected chi connectivity index (χ1v) is 3.74. The summed E-state index contributed by atoms with van der Waals surface area (Å²) in [7, 11) is 0. The van der Waals surface area contributed by atoms with Crippen LogP contribution in [-0.2, 0) is 0 Å². The van der Waals surface area contributed by atoms with Crippen molar-refractivity contribution in [1.82, 2.24) is 5.43 Å². The third-order valence-corrected chi connectivity index (χ3v) is 1.86. The van der Waals surface area contributed by atoms with Crippen molar-refractivity contribution >= 4 is 17.3 Å². The highest BCUT2D eigenvalue weighted by Crippen LogP contribution is 2.19. The van der Waals surface area contributed by atoms with Crippen LogP contribution in [0.4, 0.5) is 11.4 Å². The molecule has 2 rings (SSSR count). The van der Waals surface area contributed by atoms with E-state index < -0.39 is 0 Å². The summed E-state index contributed by atoms with van der Waals surface area (Å²) in [4.78, 5) is 0. The van der Waals surface area contributed by atoms with Gasteiger partial charge in [0.25, 0.3) is 0 Å². The van der Waals surface area contributed by atoms with Gasteiger partial charge in [0.1, 0.15) is 0 Å². The molecule has 0 fully saturated rings. The van der Waals surface area contributed by atoms with Gasteiger partial charge in [0.2, 0.25) is 11.4 Å². The van der Waals surface area contributed by atoms with Gasteiger partial charge in [-0.15, -0.1) is 0 Å². The Kier molecular flexibility index (Phi) is 1.57. The van der Waals surface area contributed by atoms with Crippen LogP contribution >= 0.6 is 0 Å². The predicted octanol–water partition coefficient (Wildman–Crippen LogP) is -1.54. The third kappa shape index (κ3) is 1.08. The summed E-state index contributed by atoms with van der Waals surface area (Å²) in [6.07, 6.45) is 0. The topological polar surface area (TPSA) is 86.0 Å². The second-order valence-electron chi connectivity index (χ2n) is 2.69. The average molecular weight is 182 g/mol. The zero-order chi connectivity index (χ0) is 9.42. The molecule has 0 saturated carbocycles. The van der Waals surface area contributed by atoms with Crippen molar-refractivity contribution in [3.05, 3.63) is 24.3 Å². The molecule has 6 nitrogen and oxygen atoms in total. The lowest BCUT2D eigenvalue weighted by atomic mass is 10.2. The monoisotopic (exact) mass is 182 g/mol. The molecule has 13 heavy (non-hydrogen) atoms. The van der Waals surface area contributed by atoms with Crippen molar-refractivity contribution in [2.24, 2.45) is 5.73 Å². The van der Waals surface area contributed by atoms with E-state index >= 15 is 0 Å². The Balaban J connectivity index is 2.62. The molecule has 0 saturated heterocycles. The van der Waals surface area contributed by atoms with Crippen LogP contribution in [0.15, 0.2) is 24.3 Å². The Morgan fingerprint density at radius 1 is 1.38 bits per heavy atom. The number of rotatable bonds is 0. The van der Waals surface area contributed by atoms with Crippen LogP contribution in [0, 0.1) is 0 Å². The van der Waals surface area contributed by atoms with Gasteiger partial charge in [0.05, 0.1) is 0 Å². The zero-order valence-electron chi connectivity index (χ0n) is 6.73. The molecule has 1 unspecified atom stereocenters. The first-order chi connectivity index (χ1) is 6.20. The van der Waals surface area contributed by atoms with Gasteiger partial charge in [-0.1, -0.05) is 17.6 Å². The summed E-state index contributed by atoms with van der Waals surface area (Å²) in [6.45, 7) is 0. The Morgan fingerprint density at radius 2 is 2.08 bits per heavy atom. The Labute approximate surface area is 74.0 Å². The van der Waals surface area contributed by atoms with Crippen LogP contribution in [-0.4, -0.2) is 21.1 Å². The molecule has 1 atom stereocenters. The third-order valence-electron chi connectivity index (χ3n) is 1.86. The number of guanidine groups is 1. The van der Waals surface area contributed by atoms with E-state index in [0.29, 0.717) is 11.4 Å². The first kappa shape index (κ1) is 7.84. The summed E-state index contributed by atoms with van der Waals surface area (Å²) in [5.41, 5.74) is 8.78. The summed E-state index contributed by atoms with van der Waals surface area (Å²) in [5, 5.41) is 18.8. The molecule has 1 heterocycles. The van der Waals surface area contributed by atoms with Crippen LogP contribution in [0.2, 0.25) is 0 Å². The van der Waals surface area contributed by atoms with E-state index in [0.717, 1.165) is 4.74 Å². The van der Waals surface area contributed by atoms with Crippen molar-refractivity contribution in [3.8, 4) is 0 Å². The summed E-state index contributed by atoms with van der Waals surface area (Å²) >= 11 is 0. The fourth-order valence-electron chi connectivity index (χ4n) is 1.23. The van der Waals surface area contributed by atoms with E-state index in [4.69, 9.17) is 5.73 Å². The van der Waals surface area contributed by atoms with Gasteiger partial charge in [-0.3, -0.25) is 5.73 Å². The van der Waals surface area contributed by atoms with Crippen LogP contribution in [0.3, 0.4) is 0 Å². The molecule has 0 amide bonds. The second-order valence-corrected chi connectivity index (χ2v) is 2.69. The van der Waals surface area contributed by atoms with Crippen molar-refractivity contribution in [2.45, 2.75) is 0 Å². The highest BCUT2D eigenvalue weighted by molar-refractivity contribution is 5.74. The smallest absolute Gasteiger partial charge is 0.371 e. The Morgan fingerprint density at radius 3 is 2.85 bits per heavy atom.